The summed E-state index contributed by atoms with van der Waals surface area (Å²) in [6.07, 6.45) is 4.68. The molecule has 1 aliphatic heterocycles. The van der Waals surface area contributed by atoms with Crippen LogP contribution in [0.5, 0.6) is 0 Å². The summed E-state index contributed by atoms with van der Waals surface area (Å²) in [5.41, 5.74) is 1.25. The van der Waals surface area contributed by atoms with Crippen molar-refractivity contribution >= 4 is 5.78 Å². The van der Waals surface area contributed by atoms with Gasteiger partial charge >= 0.3 is 0 Å². The summed E-state index contributed by atoms with van der Waals surface area (Å²) in [6, 6.07) is 0. The summed E-state index contributed by atoms with van der Waals surface area (Å²) < 4.78 is 5.18. The molecule has 0 spiro atoms. The molecule has 1 rings (SSSR count). The van der Waals surface area contributed by atoms with Crippen LogP contribution in [0.3, 0.4) is 0 Å². The average Bonchev–Trinajstić information content (AvgIpc) is 2.66. The van der Waals surface area contributed by atoms with Crippen molar-refractivity contribution in [2.75, 3.05) is 13.2 Å². The highest BCUT2D eigenvalue weighted by atomic mass is 16.5. The molecule has 2 nitrogen and oxygen atoms in total. The number of ketones is 1. The minimum Gasteiger partial charge on any atom is -0.381 e. The zero-order valence-corrected chi connectivity index (χ0v) is 8.51. The predicted octanol–water partition coefficient (Wildman–Crippen LogP) is 2.34. The van der Waals surface area contributed by atoms with Gasteiger partial charge in [-0.3, -0.25) is 4.79 Å². The van der Waals surface area contributed by atoms with Crippen LogP contribution in [0.25, 0.3) is 0 Å². The number of hydrogen-bond donors (Lipinski definition) is 0. The maximum atomic E-state index is 11.6. The Bertz CT molecular complexity index is 194. The Hall–Kier alpha value is -0.630. The van der Waals surface area contributed by atoms with Gasteiger partial charge < -0.3 is 4.74 Å². The molecule has 0 aromatic rings. The van der Waals surface area contributed by atoms with Gasteiger partial charge in [-0.1, -0.05) is 19.4 Å². The van der Waals surface area contributed by atoms with Gasteiger partial charge in [0.05, 0.1) is 6.61 Å². The van der Waals surface area contributed by atoms with Crippen molar-refractivity contribution in [3.8, 4) is 0 Å². The van der Waals surface area contributed by atoms with E-state index < -0.39 is 0 Å². The van der Waals surface area contributed by atoms with E-state index in [1.54, 1.807) is 0 Å². The zero-order valence-electron chi connectivity index (χ0n) is 8.51. The van der Waals surface area contributed by atoms with Crippen molar-refractivity contribution in [3.63, 3.8) is 0 Å². The second kappa shape index (κ2) is 5.18. The van der Waals surface area contributed by atoms with E-state index >= 15 is 0 Å². The fourth-order valence-corrected chi connectivity index (χ4v) is 1.53. The van der Waals surface area contributed by atoms with E-state index in [0.29, 0.717) is 6.61 Å². The third kappa shape index (κ3) is 2.96. The molecule has 1 unspecified atom stereocenters. The molecule has 0 radical (unpaired) electrons. The van der Waals surface area contributed by atoms with Gasteiger partial charge in [-0.05, 0) is 25.3 Å². The van der Waals surface area contributed by atoms with Crippen molar-refractivity contribution in [1.82, 2.24) is 0 Å². The summed E-state index contributed by atoms with van der Waals surface area (Å²) in [6.45, 7) is 5.55. The highest BCUT2D eigenvalue weighted by molar-refractivity contribution is 5.92. The number of rotatable bonds is 4. The predicted molar refractivity (Wildman–Crippen MR) is 52.6 cm³/mol. The smallest absolute Gasteiger partial charge is 0.161 e. The van der Waals surface area contributed by atoms with Crippen molar-refractivity contribution in [2.24, 2.45) is 5.92 Å². The molecule has 1 fully saturated rings. The highest BCUT2D eigenvalue weighted by Gasteiger charge is 2.21. The van der Waals surface area contributed by atoms with E-state index in [1.165, 1.54) is 5.57 Å². The molecule has 1 atom stereocenters. The lowest BCUT2D eigenvalue weighted by Gasteiger charge is -2.04. The third-order valence-corrected chi connectivity index (χ3v) is 2.59. The summed E-state index contributed by atoms with van der Waals surface area (Å²) in [4.78, 5) is 11.6. The number of ether oxygens (including phenoxy) is 1. The molecule has 0 aromatic carbocycles. The maximum Gasteiger partial charge on any atom is 0.161 e. The first-order valence-electron chi connectivity index (χ1n) is 5.09. The van der Waals surface area contributed by atoms with E-state index in [-0.39, 0.29) is 11.7 Å². The van der Waals surface area contributed by atoms with Crippen LogP contribution >= 0.6 is 0 Å². The lowest BCUT2D eigenvalue weighted by molar-refractivity contribution is -0.118. The molecular weight excluding hydrogens is 164 g/mol. The summed E-state index contributed by atoms with van der Waals surface area (Å²) in [7, 11) is 0. The zero-order chi connectivity index (χ0) is 9.68. The largest absolute Gasteiger partial charge is 0.381 e. The lowest BCUT2D eigenvalue weighted by Crippen LogP contribution is -2.12. The van der Waals surface area contributed by atoms with E-state index in [4.69, 9.17) is 4.74 Å². The van der Waals surface area contributed by atoms with Gasteiger partial charge in [-0.15, -0.1) is 0 Å². The van der Waals surface area contributed by atoms with Gasteiger partial charge in [0.1, 0.15) is 0 Å². The van der Waals surface area contributed by atoms with Crippen LogP contribution in [0.15, 0.2) is 11.6 Å². The van der Waals surface area contributed by atoms with Crippen LogP contribution in [0.1, 0.15) is 33.1 Å². The standard InChI is InChI=1S/C11H18O2/c1-3-9(4-2)7-11(12)10-5-6-13-8-10/h7,10H,3-6,8H2,1-2H3. The van der Waals surface area contributed by atoms with Gasteiger partial charge in [0.15, 0.2) is 5.78 Å². The summed E-state index contributed by atoms with van der Waals surface area (Å²) >= 11 is 0. The van der Waals surface area contributed by atoms with Gasteiger partial charge in [-0.2, -0.15) is 0 Å². The van der Waals surface area contributed by atoms with Crippen LogP contribution in [0.4, 0.5) is 0 Å². The maximum absolute atomic E-state index is 11.6. The Labute approximate surface area is 80.0 Å². The second-order valence-electron chi connectivity index (χ2n) is 3.47. The topological polar surface area (TPSA) is 26.3 Å². The Kier molecular flexibility index (Phi) is 4.16. The van der Waals surface area contributed by atoms with E-state index in [1.807, 2.05) is 6.08 Å². The second-order valence-corrected chi connectivity index (χ2v) is 3.47. The molecule has 13 heavy (non-hydrogen) atoms. The summed E-state index contributed by atoms with van der Waals surface area (Å²) in [5, 5.41) is 0. The molecule has 0 amide bonds. The van der Waals surface area contributed by atoms with Crippen LogP contribution < -0.4 is 0 Å². The quantitative estimate of drug-likeness (QED) is 0.624. The fourth-order valence-electron chi connectivity index (χ4n) is 1.53. The van der Waals surface area contributed by atoms with Crippen molar-refractivity contribution in [1.29, 1.82) is 0 Å². The number of carbonyl (C=O) groups excluding carboxylic acids is 1. The molecule has 1 saturated heterocycles. The molecule has 0 bridgehead atoms. The SMILES string of the molecule is CCC(=CC(=O)C1CCOC1)CC. The first kappa shape index (κ1) is 10.5. The Morgan fingerprint density at radius 1 is 1.46 bits per heavy atom. The van der Waals surface area contributed by atoms with Crippen molar-refractivity contribution in [2.45, 2.75) is 33.1 Å². The van der Waals surface area contributed by atoms with E-state index in [9.17, 15) is 4.79 Å². The van der Waals surface area contributed by atoms with Crippen LogP contribution in [0, 0.1) is 5.92 Å². The first-order valence-corrected chi connectivity index (χ1v) is 5.09. The molecule has 0 aliphatic carbocycles. The van der Waals surface area contributed by atoms with Gasteiger partial charge in [-0.25, -0.2) is 0 Å². The normalized spacial score (nSPS) is 21.5. The lowest BCUT2D eigenvalue weighted by atomic mass is 10.00. The molecule has 2 heteroatoms. The van der Waals surface area contributed by atoms with Crippen molar-refractivity contribution < 1.29 is 9.53 Å². The van der Waals surface area contributed by atoms with E-state index in [2.05, 4.69) is 13.8 Å². The Morgan fingerprint density at radius 2 is 2.15 bits per heavy atom. The number of allylic oxidation sites excluding steroid dienone is 2. The van der Waals surface area contributed by atoms with Gasteiger partial charge in [0.2, 0.25) is 0 Å². The molecule has 0 saturated carbocycles. The average molecular weight is 182 g/mol. The van der Waals surface area contributed by atoms with Crippen molar-refractivity contribution in [3.05, 3.63) is 11.6 Å². The van der Waals surface area contributed by atoms with Gasteiger partial charge in [0.25, 0.3) is 0 Å². The Balaban J connectivity index is 2.51. The van der Waals surface area contributed by atoms with Gasteiger partial charge in [0, 0.05) is 12.5 Å². The Morgan fingerprint density at radius 3 is 2.62 bits per heavy atom. The number of hydrogen-bond acceptors (Lipinski definition) is 2. The molecule has 1 aliphatic rings. The third-order valence-electron chi connectivity index (χ3n) is 2.59. The molecule has 0 N–H and O–H groups in total. The molecular formula is C11H18O2. The molecule has 1 heterocycles. The molecule has 74 valence electrons. The number of carbonyl (C=O) groups is 1. The monoisotopic (exact) mass is 182 g/mol. The first-order chi connectivity index (χ1) is 6.27. The van der Waals surface area contributed by atoms with Crippen LogP contribution in [-0.4, -0.2) is 19.0 Å². The van der Waals surface area contributed by atoms with Crippen LogP contribution in [-0.2, 0) is 9.53 Å². The molecule has 0 aromatic heterocycles. The minimum absolute atomic E-state index is 0.132. The highest BCUT2D eigenvalue weighted by Crippen LogP contribution is 2.16. The summed E-state index contributed by atoms with van der Waals surface area (Å²) in [5.74, 6) is 0.393. The minimum atomic E-state index is 0.132. The van der Waals surface area contributed by atoms with E-state index in [0.717, 1.165) is 25.9 Å². The fraction of sp³-hybridized carbons (Fsp3) is 0.727. The van der Waals surface area contributed by atoms with Crippen LogP contribution in [0.2, 0.25) is 0 Å².